The highest BCUT2D eigenvalue weighted by molar-refractivity contribution is 7.18. The van der Waals surface area contributed by atoms with Crippen LogP contribution in [0.4, 0.5) is 26.3 Å². The van der Waals surface area contributed by atoms with Gasteiger partial charge in [-0.1, -0.05) is 92.4 Å². The Bertz CT molecular complexity index is 983. The Morgan fingerprint density at radius 1 is 0.649 bits per heavy atom. The van der Waals surface area contributed by atoms with Crippen molar-refractivity contribution in [1.29, 1.82) is 0 Å². The molecular formula is C24H34F6O3P2Si2. The van der Waals surface area contributed by atoms with E-state index in [1.807, 2.05) is 39.3 Å². The van der Waals surface area contributed by atoms with E-state index in [0.29, 0.717) is 21.5 Å². The second-order valence-electron chi connectivity index (χ2n) is 10.7. The normalized spacial score (nSPS) is 15.1. The Balaban J connectivity index is 2.04. The second kappa shape index (κ2) is 12.2. The van der Waals surface area contributed by atoms with Crippen LogP contribution in [-0.4, -0.2) is 28.2 Å². The molecule has 0 spiro atoms. The molecule has 0 saturated carbocycles. The molecule has 0 N–H and O–H groups in total. The molecule has 0 amide bonds. The number of benzene rings is 2. The summed E-state index contributed by atoms with van der Waals surface area (Å²) in [5, 5.41) is 1.30. The van der Waals surface area contributed by atoms with E-state index < -0.39 is 51.7 Å². The van der Waals surface area contributed by atoms with Crippen LogP contribution in [0.1, 0.15) is 22.3 Å². The highest BCUT2D eigenvalue weighted by Gasteiger charge is 2.34. The molecule has 0 bridgehead atoms. The number of alkyl halides is 6. The third-order valence-electron chi connectivity index (χ3n) is 5.56. The van der Waals surface area contributed by atoms with E-state index in [1.54, 1.807) is 0 Å². The molecule has 13 heteroatoms. The van der Waals surface area contributed by atoms with Crippen molar-refractivity contribution in [2.24, 2.45) is 0 Å². The average molecular weight is 603 g/mol. The molecule has 0 aromatic heterocycles. The summed E-state index contributed by atoms with van der Waals surface area (Å²) >= 11 is 0. The van der Waals surface area contributed by atoms with Crippen molar-refractivity contribution in [3.63, 3.8) is 0 Å². The van der Waals surface area contributed by atoms with Crippen LogP contribution in [0, 0.1) is 0 Å². The molecule has 0 aliphatic rings. The van der Waals surface area contributed by atoms with Gasteiger partial charge in [0.25, 0.3) is 0 Å². The fourth-order valence-electron chi connectivity index (χ4n) is 3.71. The maximum Gasteiger partial charge on any atom is 0.416 e. The van der Waals surface area contributed by atoms with E-state index in [4.69, 9.17) is 14.2 Å². The van der Waals surface area contributed by atoms with Crippen molar-refractivity contribution in [1.82, 2.24) is 0 Å². The van der Waals surface area contributed by atoms with Gasteiger partial charge in [-0.3, -0.25) is 0 Å². The van der Waals surface area contributed by atoms with Crippen LogP contribution in [0.15, 0.2) is 36.4 Å². The lowest BCUT2D eigenvalue weighted by molar-refractivity contribution is -0.178. The van der Waals surface area contributed by atoms with Gasteiger partial charge in [-0.2, -0.15) is 26.3 Å². The van der Waals surface area contributed by atoms with Crippen molar-refractivity contribution in [3.05, 3.63) is 58.7 Å². The van der Waals surface area contributed by atoms with Crippen LogP contribution in [-0.2, 0) is 39.8 Å². The molecular weight excluding hydrogens is 568 g/mol. The Kier molecular flexibility index (Phi) is 10.6. The van der Waals surface area contributed by atoms with Crippen LogP contribution in [0.3, 0.4) is 0 Å². The van der Waals surface area contributed by atoms with Crippen molar-refractivity contribution < 1.29 is 40.6 Å². The fourth-order valence-corrected chi connectivity index (χ4v) is 7.81. The molecule has 0 saturated heterocycles. The van der Waals surface area contributed by atoms with Gasteiger partial charge in [0.05, 0.1) is 40.5 Å². The molecule has 0 aliphatic heterocycles. The lowest BCUT2D eigenvalue weighted by Crippen LogP contribution is -2.41. The Morgan fingerprint density at radius 3 is 1.24 bits per heavy atom. The first-order valence-electron chi connectivity index (χ1n) is 11.5. The summed E-state index contributed by atoms with van der Waals surface area (Å²) < 4.78 is 96.3. The average Bonchev–Trinajstić information content (AvgIpc) is 2.73. The third-order valence-corrected chi connectivity index (χ3v) is 10.4. The van der Waals surface area contributed by atoms with E-state index in [2.05, 4.69) is 18.5 Å². The van der Waals surface area contributed by atoms with Crippen molar-refractivity contribution in [3.8, 4) is 0 Å². The quantitative estimate of drug-likeness (QED) is 0.128. The number of hydrogen-bond acceptors (Lipinski definition) is 3. The summed E-state index contributed by atoms with van der Waals surface area (Å²) in [6.45, 7) is 11.9. The smallest absolute Gasteiger partial charge is 0.345 e. The number of hydrogen-bond donors (Lipinski definition) is 0. The minimum absolute atomic E-state index is 0.0436. The molecule has 4 unspecified atom stereocenters. The third kappa shape index (κ3) is 9.71. The van der Waals surface area contributed by atoms with Gasteiger partial charge in [0.15, 0.2) is 12.1 Å². The number of halogens is 6. The first kappa shape index (κ1) is 32.4. The fraction of sp³-hybridized carbons (Fsp3) is 0.500. The molecule has 2 aromatic carbocycles. The highest BCUT2D eigenvalue weighted by Crippen LogP contribution is 2.31. The standard InChI is InChI=1S/C24H34F6O3P2Si2/c1-36(2,3)19-11-17(23(25,26)27)9-7-15(19)13-31-21(34)33-22(35)32-14-16-8-10-18(24(28,29)30)12-20(16)37(4,5)6/h7-12,21-22H,13-14,34-35H2,1-6H3. The summed E-state index contributed by atoms with van der Waals surface area (Å²) in [7, 11) is 0.497. The van der Waals surface area contributed by atoms with Gasteiger partial charge in [0.1, 0.15) is 0 Å². The zero-order valence-corrected chi connectivity index (χ0v) is 26.0. The zero-order chi connectivity index (χ0) is 28.4. The van der Waals surface area contributed by atoms with Gasteiger partial charge >= 0.3 is 12.4 Å². The summed E-state index contributed by atoms with van der Waals surface area (Å²) in [4.78, 5) is 0. The molecule has 2 rings (SSSR count). The topological polar surface area (TPSA) is 27.7 Å². The molecule has 208 valence electrons. The molecule has 4 atom stereocenters. The lowest BCUT2D eigenvalue weighted by atomic mass is 10.1. The molecule has 0 heterocycles. The van der Waals surface area contributed by atoms with E-state index in [9.17, 15) is 26.3 Å². The molecule has 0 fully saturated rings. The van der Waals surface area contributed by atoms with Gasteiger partial charge in [-0.15, -0.1) is 0 Å². The Morgan fingerprint density at radius 2 is 0.973 bits per heavy atom. The van der Waals surface area contributed by atoms with Gasteiger partial charge in [-0.25, -0.2) is 0 Å². The summed E-state index contributed by atoms with van der Waals surface area (Å²) in [5.41, 5.74) is -0.0543. The number of ether oxygens (including phenoxy) is 3. The SMILES string of the molecule is C[Si](C)(C)c1cc(C(F)(F)F)ccc1COC(P)OC(P)OCc1ccc(C(F)(F)F)cc1[Si](C)(C)C. The zero-order valence-electron chi connectivity index (χ0n) is 21.7. The largest absolute Gasteiger partial charge is 0.416 e. The van der Waals surface area contributed by atoms with E-state index in [-0.39, 0.29) is 13.2 Å². The van der Waals surface area contributed by atoms with Crippen LogP contribution >= 0.6 is 18.5 Å². The van der Waals surface area contributed by atoms with Crippen LogP contribution in [0.5, 0.6) is 0 Å². The van der Waals surface area contributed by atoms with E-state index >= 15 is 0 Å². The van der Waals surface area contributed by atoms with Crippen molar-refractivity contribution >= 4 is 45.0 Å². The highest BCUT2D eigenvalue weighted by atomic mass is 31.0. The van der Waals surface area contributed by atoms with Crippen molar-refractivity contribution in [2.45, 2.75) is 76.9 Å². The first-order valence-corrected chi connectivity index (χ1v) is 19.8. The molecule has 2 aromatic rings. The number of rotatable bonds is 10. The molecule has 37 heavy (non-hydrogen) atoms. The van der Waals surface area contributed by atoms with Crippen molar-refractivity contribution in [2.75, 3.05) is 0 Å². The van der Waals surface area contributed by atoms with Gasteiger partial charge in [0, 0.05) is 0 Å². The Labute approximate surface area is 221 Å². The minimum Gasteiger partial charge on any atom is -0.345 e. The summed E-state index contributed by atoms with van der Waals surface area (Å²) in [6.07, 6.45) is -8.85. The monoisotopic (exact) mass is 602 g/mol. The summed E-state index contributed by atoms with van der Waals surface area (Å²) in [6, 6.07) is 5.70. The van der Waals surface area contributed by atoms with Crippen LogP contribution < -0.4 is 10.4 Å². The predicted molar refractivity (Wildman–Crippen MR) is 147 cm³/mol. The van der Waals surface area contributed by atoms with E-state index in [1.165, 1.54) is 24.3 Å². The Hall–Kier alpha value is -0.806. The van der Waals surface area contributed by atoms with Gasteiger partial charge in [-0.05, 0) is 23.3 Å². The maximum absolute atomic E-state index is 13.2. The van der Waals surface area contributed by atoms with E-state index in [0.717, 1.165) is 12.1 Å². The maximum atomic E-state index is 13.2. The van der Waals surface area contributed by atoms with Crippen LogP contribution in [0.25, 0.3) is 0 Å². The van der Waals surface area contributed by atoms with Crippen LogP contribution in [0.2, 0.25) is 39.3 Å². The van der Waals surface area contributed by atoms with Gasteiger partial charge < -0.3 is 14.2 Å². The minimum atomic E-state index is -4.42. The second-order valence-corrected chi connectivity index (χ2v) is 21.9. The summed E-state index contributed by atoms with van der Waals surface area (Å²) in [5.74, 6) is 0. The predicted octanol–water partition coefficient (Wildman–Crippen LogP) is 6.88. The molecule has 0 radical (unpaired) electrons. The lowest BCUT2D eigenvalue weighted by Gasteiger charge is -2.25. The molecule has 3 nitrogen and oxygen atoms in total. The first-order chi connectivity index (χ1) is 16.7. The molecule has 0 aliphatic carbocycles. The van der Waals surface area contributed by atoms with Gasteiger partial charge in [0.2, 0.25) is 0 Å².